The summed E-state index contributed by atoms with van der Waals surface area (Å²) in [7, 11) is 1.76. The number of halogens is 1. The maximum Gasteiger partial charge on any atom is 0.272 e. The van der Waals surface area contributed by atoms with Crippen molar-refractivity contribution in [2.75, 3.05) is 17.7 Å². The van der Waals surface area contributed by atoms with Gasteiger partial charge in [-0.3, -0.25) is 4.79 Å². The van der Waals surface area contributed by atoms with Crippen LogP contribution in [0.1, 0.15) is 16.1 Å². The molecule has 0 spiro atoms. The predicted molar refractivity (Wildman–Crippen MR) is 137 cm³/mol. The number of aryl methyl sites for hydroxylation is 1. The predicted octanol–water partition coefficient (Wildman–Crippen LogP) is 6.07. The molecule has 0 fully saturated rings. The summed E-state index contributed by atoms with van der Waals surface area (Å²) in [6.45, 7) is 1.91. The second-order valence-electron chi connectivity index (χ2n) is 7.82. The number of H-pyrrole nitrogens is 1. The summed E-state index contributed by atoms with van der Waals surface area (Å²) in [6, 6.07) is 18.2. The fourth-order valence-corrected chi connectivity index (χ4v) is 3.85. The number of ether oxygens (including phenoxy) is 1. The van der Waals surface area contributed by atoms with Gasteiger partial charge in [-0.1, -0.05) is 11.6 Å². The van der Waals surface area contributed by atoms with Gasteiger partial charge in [0.25, 0.3) is 5.91 Å². The Kier molecular flexibility index (Phi) is 6.03. The summed E-state index contributed by atoms with van der Waals surface area (Å²) in [6.07, 6.45) is 3.34. The second-order valence-corrected chi connectivity index (χ2v) is 8.26. The Morgan fingerprint density at radius 3 is 2.74 bits per heavy atom. The smallest absolute Gasteiger partial charge is 0.272 e. The van der Waals surface area contributed by atoms with Crippen molar-refractivity contribution < 1.29 is 9.53 Å². The van der Waals surface area contributed by atoms with Crippen LogP contribution in [-0.4, -0.2) is 32.9 Å². The van der Waals surface area contributed by atoms with Gasteiger partial charge in [0.15, 0.2) is 0 Å². The Morgan fingerprint density at radius 1 is 1.03 bits per heavy atom. The number of hydrogen-bond donors (Lipinski definition) is 3. The van der Waals surface area contributed by atoms with Crippen LogP contribution >= 0.6 is 11.6 Å². The molecule has 0 bridgehead atoms. The van der Waals surface area contributed by atoms with E-state index in [-0.39, 0.29) is 5.91 Å². The SMILES string of the molecule is CNc1nccc(-c2cccnc2Oc2ccc(NC(=O)c3cc4cc(Cl)ccc4[nH]3)cc2C)n1. The number of pyridine rings is 1. The highest BCUT2D eigenvalue weighted by molar-refractivity contribution is 6.31. The maximum absolute atomic E-state index is 12.8. The highest BCUT2D eigenvalue weighted by atomic mass is 35.5. The van der Waals surface area contributed by atoms with Gasteiger partial charge in [-0.15, -0.1) is 0 Å². The Labute approximate surface area is 206 Å². The van der Waals surface area contributed by atoms with Crippen molar-refractivity contribution in [3.8, 4) is 22.9 Å². The highest BCUT2D eigenvalue weighted by Gasteiger charge is 2.14. The molecule has 2 aromatic carbocycles. The van der Waals surface area contributed by atoms with Crippen LogP contribution in [0.2, 0.25) is 5.02 Å². The molecule has 0 atom stereocenters. The molecule has 0 aliphatic rings. The van der Waals surface area contributed by atoms with E-state index in [1.165, 1.54) is 0 Å². The normalized spacial score (nSPS) is 10.8. The number of benzene rings is 2. The van der Waals surface area contributed by atoms with Gasteiger partial charge in [0.1, 0.15) is 11.4 Å². The largest absolute Gasteiger partial charge is 0.438 e. The standard InChI is InChI=1S/C26H21ClN6O2/c1-15-12-18(31-24(34)22-14-16-13-17(27)5-7-20(16)32-22)6-8-23(15)35-25-19(4-3-10-29-25)21-9-11-30-26(28-2)33-21/h3-14,32H,1-2H3,(H,31,34)(H,28,30,33). The summed E-state index contributed by atoms with van der Waals surface area (Å²) in [5.41, 5.74) is 4.20. The number of fused-ring (bicyclic) bond motifs is 1. The van der Waals surface area contributed by atoms with Crippen LogP contribution < -0.4 is 15.4 Å². The highest BCUT2D eigenvalue weighted by Crippen LogP contribution is 2.33. The summed E-state index contributed by atoms with van der Waals surface area (Å²) >= 11 is 6.05. The van der Waals surface area contributed by atoms with Gasteiger partial charge in [0.2, 0.25) is 11.8 Å². The van der Waals surface area contributed by atoms with E-state index >= 15 is 0 Å². The summed E-state index contributed by atoms with van der Waals surface area (Å²) < 4.78 is 6.14. The van der Waals surface area contributed by atoms with Crippen molar-refractivity contribution in [3.05, 3.63) is 89.3 Å². The van der Waals surface area contributed by atoms with E-state index in [2.05, 4.69) is 30.6 Å². The number of aromatic amines is 1. The summed E-state index contributed by atoms with van der Waals surface area (Å²) in [5.74, 6) is 1.30. The van der Waals surface area contributed by atoms with Crippen LogP contribution in [0.4, 0.5) is 11.6 Å². The number of rotatable bonds is 6. The van der Waals surface area contributed by atoms with Crippen LogP contribution in [0.25, 0.3) is 22.2 Å². The average Bonchev–Trinajstić information content (AvgIpc) is 3.29. The molecule has 0 aliphatic heterocycles. The summed E-state index contributed by atoms with van der Waals surface area (Å²) in [5, 5.41) is 7.34. The molecule has 3 N–H and O–H groups in total. The Bertz CT molecular complexity index is 1550. The van der Waals surface area contributed by atoms with Crippen molar-refractivity contribution >= 4 is 40.0 Å². The van der Waals surface area contributed by atoms with Gasteiger partial charge in [0, 0.05) is 41.1 Å². The van der Waals surface area contributed by atoms with Gasteiger partial charge >= 0.3 is 0 Å². The van der Waals surface area contributed by atoms with Crippen LogP contribution in [0.3, 0.4) is 0 Å². The number of carbonyl (C=O) groups excluding carboxylic acids is 1. The van der Waals surface area contributed by atoms with Crippen molar-refractivity contribution in [3.63, 3.8) is 0 Å². The number of nitrogens with one attached hydrogen (secondary N) is 3. The van der Waals surface area contributed by atoms with E-state index < -0.39 is 0 Å². The first-order valence-corrected chi connectivity index (χ1v) is 11.2. The topological polar surface area (TPSA) is 105 Å². The molecule has 8 nitrogen and oxygen atoms in total. The molecular formula is C26H21ClN6O2. The Balaban J connectivity index is 1.36. The van der Waals surface area contributed by atoms with E-state index in [4.69, 9.17) is 16.3 Å². The van der Waals surface area contributed by atoms with Crippen LogP contribution in [0, 0.1) is 6.92 Å². The molecule has 0 radical (unpaired) electrons. The number of hydrogen-bond acceptors (Lipinski definition) is 6. The molecule has 0 saturated carbocycles. The molecule has 3 heterocycles. The molecular weight excluding hydrogens is 464 g/mol. The van der Waals surface area contributed by atoms with E-state index in [0.717, 1.165) is 22.0 Å². The van der Waals surface area contributed by atoms with Gasteiger partial charge in [0.05, 0.1) is 11.3 Å². The lowest BCUT2D eigenvalue weighted by Gasteiger charge is -2.13. The van der Waals surface area contributed by atoms with Crippen molar-refractivity contribution in [1.82, 2.24) is 19.9 Å². The van der Waals surface area contributed by atoms with Crippen LogP contribution in [0.15, 0.2) is 73.1 Å². The fourth-order valence-electron chi connectivity index (χ4n) is 3.67. The minimum absolute atomic E-state index is 0.249. The van der Waals surface area contributed by atoms with Gasteiger partial charge in [-0.25, -0.2) is 15.0 Å². The molecule has 35 heavy (non-hydrogen) atoms. The average molecular weight is 485 g/mol. The zero-order valence-corrected chi connectivity index (χ0v) is 19.7. The third-order valence-electron chi connectivity index (χ3n) is 5.39. The molecule has 5 aromatic rings. The van der Waals surface area contributed by atoms with Gasteiger partial charge in [-0.05, 0) is 73.2 Å². The second kappa shape index (κ2) is 9.44. The van der Waals surface area contributed by atoms with E-state index in [0.29, 0.717) is 39.7 Å². The summed E-state index contributed by atoms with van der Waals surface area (Å²) in [4.78, 5) is 28.9. The third-order valence-corrected chi connectivity index (χ3v) is 5.63. The fraction of sp³-hybridized carbons (Fsp3) is 0.0769. The minimum Gasteiger partial charge on any atom is -0.438 e. The Hall–Kier alpha value is -4.43. The minimum atomic E-state index is -0.249. The zero-order chi connectivity index (χ0) is 24.4. The quantitative estimate of drug-likeness (QED) is 0.270. The molecule has 0 unspecified atom stereocenters. The lowest BCUT2D eigenvalue weighted by Crippen LogP contribution is -2.12. The zero-order valence-electron chi connectivity index (χ0n) is 19.0. The van der Waals surface area contributed by atoms with Gasteiger partial charge < -0.3 is 20.4 Å². The van der Waals surface area contributed by atoms with Crippen LogP contribution in [-0.2, 0) is 0 Å². The van der Waals surface area contributed by atoms with Crippen molar-refractivity contribution in [1.29, 1.82) is 0 Å². The lowest BCUT2D eigenvalue weighted by atomic mass is 10.1. The number of anilines is 2. The molecule has 1 amide bonds. The van der Waals surface area contributed by atoms with Crippen molar-refractivity contribution in [2.24, 2.45) is 0 Å². The number of amides is 1. The van der Waals surface area contributed by atoms with Gasteiger partial charge in [-0.2, -0.15) is 0 Å². The Morgan fingerprint density at radius 2 is 1.91 bits per heavy atom. The van der Waals surface area contributed by atoms with E-state index in [1.54, 1.807) is 49.8 Å². The molecule has 9 heteroatoms. The first-order valence-electron chi connectivity index (χ1n) is 10.8. The molecule has 5 rings (SSSR count). The number of carbonyl (C=O) groups is 1. The number of nitrogens with zero attached hydrogens (tertiary/aromatic N) is 3. The number of aromatic nitrogens is 4. The molecule has 174 valence electrons. The monoisotopic (exact) mass is 484 g/mol. The van der Waals surface area contributed by atoms with E-state index in [1.807, 2.05) is 37.3 Å². The first kappa shape index (κ1) is 22.4. The maximum atomic E-state index is 12.8. The van der Waals surface area contributed by atoms with Crippen molar-refractivity contribution in [2.45, 2.75) is 6.92 Å². The molecule has 0 aliphatic carbocycles. The first-order chi connectivity index (χ1) is 17.0. The van der Waals surface area contributed by atoms with Crippen LogP contribution in [0.5, 0.6) is 11.6 Å². The van der Waals surface area contributed by atoms with E-state index in [9.17, 15) is 4.79 Å². The third kappa shape index (κ3) is 4.78. The molecule has 3 aromatic heterocycles. The lowest BCUT2D eigenvalue weighted by molar-refractivity contribution is 0.102. The molecule has 0 saturated heterocycles.